The normalized spacial score (nSPS) is 10.8. The number of aromatic nitrogens is 2. The van der Waals surface area contributed by atoms with Crippen molar-refractivity contribution in [2.24, 2.45) is 0 Å². The summed E-state index contributed by atoms with van der Waals surface area (Å²) >= 11 is 3.00. The quantitative estimate of drug-likeness (QED) is 0.333. The Morgan fingerprint density at radius 1 is 1.14 bits per heavy atom. The largest absolute Gasteiger partial charge is 0.495 e. The summed E-state index contributed by atoms with van der Waals surface area (Å²) in [6.07, 6.45) is 1.55. The van der Waals surface area contributed by atoms with Crippen LogP contribution in [-0.4, -0.2) is 28.7 Å². The summed E-state index contributed by atoms with van der Waals surface area (Å²) in [5.41, 5.74) is 4.09. The molecular weight excluding hydrogens is 402 g/mol. The van der Waals surface area contributed by atoms with Gasteiger partial charge in [0.1, 0.15) is 21.9 Å². The SMILES string of the molecule is COc1ccccc1NC(=O)CSc1ncnc2scc(-c3ccc(C)cc3)c12. The molecule has 0 aliphatic carbocycles. The highest BCUT2D eigenvalue weighted by Gasteiger charge is 2.15. The Morgan fingerprint density at radius 3 is 2.72 bits per heavy atom. The van der Waals surface area contributed by atoms with E-state index in [-0.39, 0.29) is 11.7 Å². The van der Waals surface area contributed by atoms with E-state index in [9.17, 15) is 4.79 Å². The summed E-state index contributed by atoms with van der Waals surface area (Å²) in [5.74, 6) is 0.765. The van der Waals surface area contributed by atoms with Crippen molar-refractivity contribution in [1.82, 2.24) is 9.97 Å². The van der Waals surface area contributed by atoms with Gasteiger partial charge < -0.3 is 10.1 Å². The third kappa shape index (κ3) is 4.26. The van der Waals surface area contributed by atoms with Crippen LogP contribution in [0.1, 0.15) is 5.56 Å². The van der Waals surface area contributed by atoms with Crippen LogP contribution in [0.2, 0.25) is 0 Å². The number of hydrogen-bond acceptors (Lipinski definition) is 6. The monoisotopic (exact) mass is 421 g/mol. The third-order valence-corrected chi connectivity index (χ3v) is 6.29. The van der Waals surface area contributed by atoms with Crippen LogP contribution in [0.15, 0.2) is 65.3 Å². The predicted molar refractivity (Wildman–Crippen MR) is 120 cm³/mol. The molecule has 29 heavy (non-hydrogen) atoms. The smallest absolute Gasteiger partial charge is 0.234 e. The minimum absolute atomic E-state index is 0.113. The first-order valence-corrected chi connectivity index (χ1v) is 10.9. The van der Waals surface area contributed by atoms with E-state index < -0.39 is 0 Å². The van der Waals surface area contributed by atoms with Gasteiger partial charge in [-0.15, -0.1) is 11.3 Å². The van der Waals surface area contributed by atoms with Crippen LogP contribution in [-0.2, 0) is 4.79 Å². The lowest BCUT2D eigenvalue weighted by molar-refractivity contribution is -0.113. The second-order valence-electron chi connectivity index (χ2n) is 6.41. The van der Waals surface area contributed by atoms with Gasteiger partial charge >= 0.3 is 0 Å². The van der Waals surface area contributed by atoms with Crippen molar-refractivity contribution in [3.05, 3.63) is 65.8 Å². The number of rotatable bonds is 6. The number of para-hydroxylation sites is 2. The zero-order valence-corrected chi connectivity index (χ0v) is 17.6. The maximum atomic E-state index is 12.5. The van der Waals surface area contributed by atoms with Crippen LogP contribution in [0.3, 0.4) is 0 Å². The van der Waals surface area contributed by atoms with Gasteiger partial charge in [0.25, 0.3) is 0 Å². The molecule has 5 nitrogen and oxygen atoms in total. The number of thioether (sulfide) groups is 1. The lowest BCUT2D eigenvalue weighted by Gasteiger charge is -2.10. The molecule has 4 aromatic rings. The first-order chi connectivity index (χ1) is 14.2. The maximum Gasteiger partial charge on any atom is 0.234 e. The molecule has 0 saturated heterocycles. The van der Waals surface area contributed by atoms with E-state index in [1.54, 1.807) is 24.8 Å². The zero-order valence-electron chi connectivity index (χ0n) is 16.0. The Hall–Kier alpha value is -2.90. The van der Waals surface area contributed by atoms with Crippen molar-refractivity contribution in [1.29, 1.82) is 0 Å². The number of methoxy groups -OCH3 is 1. The first-order valence-electron chi connectivity index (χ1n) is 9.00. The van der Waals surface area contributed by atoms with Crippen molar-refractivity contribution in [2.45, 2.75) is 11.9 Å². The molecule has 1 amide bonds. The number of carbonyl (C=O) groups excluding carboxylic acids is 1. The molecular formula is C22H19N3O2S2. The highest BCUT2D eigenvalue weighted by atomic mass is 32.2. The lowest BCUT2D eigenvalue weighted by Crippen LogP contribution is -2.14. The number of anilines is 1. The zero-order chi connectivity index (χ0) is 20.2. The number of nitrogens with zero attached hydrogens (tertiary/aromatic N) is 2. The fourth-order valence-corrected chi connectivity index (χ4v) is 4.76. The van der Waals surface area contributed by atoms with Gasteiger partial charge in [-0.2, -0.15) is 0 Å². The molecule has 0 atom stereocenters. The number of hydrogen-bond donors (Lipinski definition) is 1. The Balaban J connectivity index is 1.56. The minimum Gasteiger partial charge on any atom is -0.495 e. The molecule has 146 valence electrons. The third-order valence-electron chi connectivity index (χ3n) is 4.42. The molecule has 0 spiro atoms. The Kier molecular flexibility index (Phi) is 5.78. The summed E-state index contributed by atoms with van der Waals surface area (Å²) in [6.45, 7) is 2.07. The van der Waals surface area contributed by atoms with Crippen LogP contribution in [0.5, 0.6) is 5.75 Å². The minimum atomic E-state index is -0.113. The summed E-state index contributed by atoms with van der Waals surface area (Å²) in [6, 6.07) is 15.8. The highest BCUT2D eigenvalue weighted by Crippen LogP contribution is 2.38. The fourth-order valence-electron chi connectivity index (χ4n) is 2.97. The van der Waals surface area contributed by atoms with Crippen LogP contribution in [0, 0.1) is 6.92 Å². The van der Waals surface area contributed by atoms with E-state index in [2.05, 4.69) is 51.9 Å². The average Bonchev–Trinajstić information content (AvgIpc) is 3.18. The number of amides is 1. The topological polar surface area (TPSA) is 64.1 Å². The van der Waals surface area contributed by atoms with Gasteiger partial charge in [-0.05, 0) is 24.6 Å². The lowest BCUT2D eigenvalue weighted by atomic mass is 10.1. The molecule has 0 unspecified atom stereocenters. The van der Waals surface area contributed by atoms with Gasteiger partial charge in [-0.3, -0.25) is 4.79 Å². The Bertz CT molecular complexity index is 1160. The summed E-state index contributed by atoms with van der Waals surface area (Å²) in [7, 11) is 1.58. The van der Waals surface area contributed by atoms with Crippen LogP contribution in [0.25, 0.3) is 21.3 Å². The van der Waals surface area contributed by atoms with Gasteiger partial charge in [0, 0.05) is 10.9 Å². The molecule has 0 bridgehead atoms. The molecule has 2 aromatic carbocycles. The van der Waals surface area contributed by atoms with Crippen LogP contribution < -0.4 is 10.1 Å². The number of aryl methyl sites for hydroxylation is 1. The molecule has 0 aliphatic heterocycles. The fraction of sp³-hybridized carbons (Fsp3) is 0.136. The first kappa shape index (κ1) is 19.4. The molecule has 0 aliphatic rings. The molecule has 7 heteroatoms. The molecule has 4 rings (SSSR count). The summed E-state index contributed by atoms with van der Waals surface area (Å²) in [5, 5.41) is 6.80. The van der Waals surface area contributed by atoms with Crippen molar-refractivity contribution >= 4 is 44.9 Å². The maximum absolute atomic E-state index is 12.5. The number of carbonyl (C=O) groups is 1. The number of nitrogens with one attached hydrogen (secondary N) is 1. The van der Waals surface area contributed by atoms with Crippen molar-refractivity contribution < 1.29 is 9.53 Å². The number of fused-ring (bicyclic) bond motifs is 1. The van der Waals surface area contributed by atoms with E-state index in [0.29, 0.717) is 11.4 Å². The molecule has 1 N–H and O–H groups in total. The average molecular weight is 422 g/mol. The second-order valence-corrected chi connectivity index (χ2v) is 8.23. The number of benzene rings is 2. The second kappa shape index (κ2) is 8.63. The van der Waals surface area contributed by atoms with E-state index in [0.717, 1.165) is 26.4 Å². The number of thiophene rings is 1. The van der Waals surface area contributed by atoms with Crippen molar-refractivity contribution in [3.8, 4) is 16.9 Å². The molecule has 2 heterocycles. The van der Waals surface area contributed by atoms with Crippen molar-refractivity contribution in [3.63, 3.8) is 0 Å². The van der Waals surface area contributed by atoms with Gasteiger partial charge in [0.05, 0.1) is 23.9 Å². The van der Waals surface area contributed by atoms with Crippen molar-refractivity contribution in [2.75, 3.05) is 18.2 Å². The molecule has 2 aromatic heterocycles. The van der Waals surface area contributed by atoms with E-state index in [4.69, 9.17) is 4.74 Å². The van der Waals surface area contributed by atoms with Gasteiger partial charge in [-0.1, -0.05) is 53.7 Å². The van der Waals surface area contributed by atoms with E-state index in [1.165, 1.54) is 17.3 Å². The molecule has 0 radical (unpaired) electrons. The Labute approximate surface area is 177 Å². The highest BCUT2D eigenvalue weighted by molar-refractivity contribution is 8.00. The molecule has 0 fully saturated rings. The van der Waals surface area contributed by atoms with Crippen LogP contribution >= 0.6 is 23.1 Å². The number of ether oxygens (including phenoxy) is 1. The molecule has 0 saturated carbocycles. The van der Waals surface area contributed by atoms with Gasteiger partial charge in [0.2, 0.25) is 5.91 Å². The van der Waals surface area contributed by atoms with Crippen LogP contribution in [0.4, 0.5) is 5.69 Å². The summed E-state index contributed by atoms with van der Waals surface area (Å²) in [4.78, 5) is 22.3. The standard InChI is InChI=1S/C22H19N3O2S2/c1-14-7-9-15(10-8-14)16-11-28-21-20(16)22(24-13-23-21)29-12-19(26)25-17-5-3-4-6-18(17)27-2/h3-11,13H,12H2,1-2H3,(H,25,26). The summed E-state index contributed by atoms with van der Waals surface area (Å²) < 4.78 is 5.29. The van der Waals surface area contributed by atoms with E-state index >= 15 is 0 Å². The Morgan fingerprint density at radius 2 is 1.93 bits per heavy atom. The van der Waals surface area contributed by atoms with Gasteiger partial charge in [0.15, 0.2) is 0 Å². The van der Waals surface area contributed by atoms with E-state index in [1.807, 2.05) is 24.3 Å². The predicted octanol–water partition coefficient (Wildman–Crippen LogP) is 5.41. The van der Waals surface area contributed by atoms with Gasteiger partial charge in [-0.25, -0.2) is 9.97 Å².